The molecule has 4 fully saturated rings. The number of rotatable bonds is 33. The van der Waals surface area contributed by atoms with Crippen LogP contribution in [-0.2, 0) is 19.4 Å². The summed E-state index contributed by atoms with van der Waals surface area (Å²) in [5.74, 6) is 2.46. The lowest BCUT2D eigenvalue weighted by Crippen LogP contribution is -2.65. The number of piperidine rings is 4. The van der Waals surface area contributed by atoms with E-state index in [1.807, 2.05) is 0 Å². The number of hydrogen-bond acceptors (Lipinski definition) is 22. The van der Waals surface area contributed by atoms with Crippen LogP contribution in [0.5, 0.6) is 0 Å². The van der Waals surface area contributed by atoms with Crippen LogP contribution in [0.4, 0.5) is 23.8 Å². The van der Waals surface area contributed by atoms with Crippen molar-refractivity contribution < 1.29 is 39.8 Å². The van der Waals surface area contributed by atoms with Crippen molar-refractivity contribution in [3.8, 4) is 0 Å². The molecule has 2 aromatic rings. The molecule has 2 aromatic heterocycles. The van der Waals surface area contributed by atoms with Crippen LogP contribution in [0.3, 0.4) is 0 Å². The van der Waals surface area contributed by atoms with Gasteiger partial charge in [0.05, 0.1) is 48.8 Å². The van der Waals surface area contributed by atoms with Crippen LogP contribution in [-0.4, -0.2) is 201 Å². The Balaban J connectivity index is 1.30. The predicted molar refractivity (Wildman–Crippen MR) is 388 cm³/mol. The van der Waals surface area contributed by atoms with Crippen molar-refractivity contribution in [2.75, 3.05) is 60.0 Å². The number of unbranched alkanes of at least 4 members (excludes halogenated alkanes) is 3. The van der Waals surface area contributed by atoms with Crippen LogP contribution < -0.4 is 20.4 Å². The quantitative estimate of drug-likeness (QED) is 0.0364. The zero-order chi connectivity index (χ0) is 72.4. The summed E-state index contributed by atoms with van der Waals surface area (Å²) >= 11 is 14.1. The average molecular weight is 1390 g/mol. The van der Waals surface area contributed by atoms with Crippen molar-refractivity contribution >= 4 is 47.0 Å². The molecule has 6 heterocycles. The van der Waals surface area contributed by atoms with E-state index in [0.29, 0.717) is 36.9 Å². The van der Waals surface area contributed by atoms with E-state index in [1.54, 1.807) is 55.4 Å². The Morgan fingerprint density at radius 3 is 0.875 bits per heavy atom. The molecule has 6 rings (SSSR count). The second kappa shape index (κ2) is 31.1. The summed E-state index contributed by atoms with van der Waals surface area (Å²) in [5.41, 5.74) is -7.09. The summed E-state index contributed by atoms with van der Waals surface area (Å²) in [5, 5.41) is 59.3. The number of hydroxylamine groups is 8. The Morgan fingerprint density at radius 2 is 0.646 bits per heavy atom. The van der Waals surface area contributed by atoms with Crippen LogP contribution >= 0.6 is 23.2 Å². The van der Waals surface area contributed by atoms with Gasteiger partial charge < -0.3 is 40.9 Å². The molecule has 0 saturated carbocycles. The van der Waals surface area contributed by atoms with Gasteiger partial charge >= 0.3 is 0 Å². The van der Waals surface area contributed by atoms with Gasteiger partial charge in [0.15, 0.2) is 0 Å². The van der Waals surface area contributed by atoms with Gasteiger partial charge in [-0.1, -0.05) is 39.5 Å². The second-order valence-corrected chi connectivity index (χ2v) is 37.5. The molecular formula is C72H134Cl2N14O8. The third kappa shape index (κ3) is 22.9. The van der Waals surface area contributed by atoms with Crippen molar-refractivity contribution in [1.82, 2.24) is 50.2 Å². The molecule has 0 aliphatic carbocycles. The van der Waals surface area contributed by atoms with E-state index in [4.69, 9.17) is 72.5 Å². The van der Waals surface area contributed by atoms with E-state index in [9.17, 15) is 20.4 Å². The van der Waals surface area contributed by atoms with Crippen LogP contribution in [0.2, 0.25) is 10.6 Å². The number of hydrogen-bond donors (Lipinski definition) is 6. The first-order valence-electron chi connectivity index (χ1n) is 36.2. The zero-order valence-corrected chi connectivity index (χ0v) is 66.1. The molecule has 0 aromatic carbocycles. The van der Waals surface area contributed by atoms with Gasteiger partial charge in [0.25, 0.3) is 0 Å². The predicted octanol–water partition coefficient (Wildman–Crippen LogP) is 13.8. The first-order valence-corrected chi connectivity index (χ1v) is 37.0. The van der Waals surface area contributed by atoms with E-state index in [1.165, 1.54) is 0 Å². The average Bonchev–Trinajstić information content (AvgIpc) is 0.779. The number of nitrogens with zero attached hydrogens (tertiary/aromatic N) is 12. The summed E-state index contributed by atoms with van der Waals surface area (Å²) in [6.45, 7) is 56.1. The van der Waals surface area contributed by atoms with E-state index >= 15 is 0 Å². The van der Waals surface area contributed by atoms with Gasteiger partial charge in [-0.25, -0.2) is 0 Å². The molecule has 4 saturated heterocycles. The fraction of sp³-hybridized carbons (Fsp3) is 0.917. The molecule has 0 bridgehead atoms. The van der Waals surface area contributed by atoms with Crippen molar-refractivity contribution in [1.29, 1.82) is 0 Å². The molecule has 2 atom stereocenters. The van der Waals surface area contributed by atoms with Crippen LogP contribution in [0.15, 0.2) is 0 Å². The molecule has 2 unspecified atom stereocenters. The Labute approximate surface area is 590 Å². The van der Waals surface area contributed by atoms with Gasteiger partial charge in [0.2, 0.25) is 34.4 Å². The van der Waals surface area contributed by atoms with E-state index < -0.39 is 44.6 Å². The minimum absolute atomic E-state index is 0.0114. The standard InChI is InChI=1S/C72H134Cl2N14O8/c1-27-33-53(49-37-61(3,4)85(62(5,6)38-49)93-45-69(19,20)89)75-57-77-55(73)79-59(81-57)83(51-41-65(11,12)87(66(13,14)42-51)95-47-71(23,24)91)35-31-29-30-32-36-84(52-43-67(15,16)88(68(17,18)44-52)96-48-72(25,26)92)60-80-56(74)78-58(82-60)76-54(34-28-2)50-39-63(7,8)86(64(9,10)40-50)94-46-70(21,22)90/h49-54,89-92H,27-48H2,1-26H3,(H,75,77,79,81)(H,76,78,80,82). The molecule has 0 amide bonds. The lowest BCUT2D eigenvalue weighted by Gasteiger charge is -2.56. The van der Waals surface area contributed by atoms with Crippen LogP contribution in [0, 0.1) is 11.8 Å². The summed E-state index contributed by atoms with van der Waals surface area (Å²) in [6, 6.07) is 0.0438. The fourth-order valence-corrected chi connectivity index (χ4v) is 17.4. The number of aliphatic hydroxyl groups is 4. The third-order valence-corrected chi connectivity index (χ3v) is 20.0. The Hall–Kier alpha value is -2.68. The lowest BCUT2D eigenvalue weighted by atomic mass is 9.71. The van der Waals surface area contributed by atoms with Gasteiger partial charge in [-0.3, -0.25) is 19.4 Å². The van der Waals surface area contributed by atoms with Gasteiger partial charge in [-0.2, -0.15) is 50.2 Å². The fourth-order valence-electron chi connectivity index (χ4n) is 17.1. The zero-order valence-electron chi connectivity index (χ0n) is 64.6. The SMILES string of the molecule is CCCC(Nc1nc(Cl)nc(N(CCCCCCN(c2nc(Cl)nc(NC(CCC)C3CC(C)(C)N(OCC(C)(C)O)C(C)(C)C3)n2)C2CC(C)(C)N(OCC(C)(C)O)C(C)(C)C2)C2CC(C)(C)N(OCC(C)(C)O)C(C)(C)C2)n1)C1CC(C)(C)N(OCC(C)(C)O)C(C)(C)C1. The minimum Gasteiger partial charge on any atom is -0.388 e. The van der Waals surface area contributed by atoms with Gasteiger partial charge in [0.1, 0.15) is 0 Å². The molecule has 6 N–H and O–H groups in total. The molecule has 24 heteroatoms. The first-order chi connectivity index (χ1) is 43.7. The first kappa shape index (κ1) is 82.3. The van der Waals surface area contributed by atoms with Gasteiger partial charge in [-0.15, -0.1) is 0 Å². The molecule has 0 radical (unpaired) electrons. The Bertz CT molecular complexity index is 2540. The highest BCUT2D eigenvalue weighted by atomic mass is 35.5. The maximum Gasteiger partial charge on any atom is 0.231 e. The third-order valence-electron chi connectivity index (χ3n) is 19.7. The maximum atomic E-state index is 10.8. The molecule has 96 heavy (non-hydrogen) atoms. The summed E-state index contributed by atoms with van der Waals surface area (Å²) in [6.07, 6.45) is 13.5. The minimum atomic E-state index is -1.01. The van der Waals surface area contributed by atoms with Gasteiger partial charge in [0, 0.05) is 81.6 Å². The van der Waals surface area contributed by atoms with Crippen molar-refractivity contribution in [2.24, 2.45) is 11.8 Å². The lowest BCUT2D eigenvalue weighted by molar-refractivity contribution is -0.303. The van der Waals surface area contributed by atoms with Crippen LogP contribution in [0.1, 0.15) is 283 Å². The molecular weight excluding hydrogens is 1260 g/mol. The number of anilines is 4. The van der Waals surface area contributed by atoms with Crippen LogP contribution in [0.25, 0.3) is 0 Å². The summed E-state index contributed by atoms with van der Waals surface area (Å²) in [4.78, 5) is 60.7. The monoisotopic (exact) mass is 1390 g/mol. The topological polar surface area (TPSA) is 239 Å². The molecule has 4 aliphatic rings. The van der Waals surface area contributed by atoms with Crippen molar-refractivity contribution in [3.05, 3.63) is 10.6 Å². The van der Waals surface area contributed by atoms with Gasteiger partial charge in [-0.05, 0) is 278 Å². The summed E-state index contributed by atoms with van der Waals surface area (Å²) < 4.78 is 0. The van der Waals surface area contributed by atoms with E-state index in [-0.39, 0.29) is 95.2 Å². The number of halogens is 2. The highest BCUT2D eigenvalue weighted by Gasteiger charge is 2.53. The smallest absolute Gasteiger partial charge is 0.231 e. The molecule has 4 aliphatic heterocycles. The second-order valence-electron chi connectivity index (χ2n) is 36.8. The number of aromatic nitrogens is 6. The van der Waals surface area contributed by atoms with Crippen molar-refractivity contribution in [3.63, 3.8) is 0 Å². The molecule has 22 nitrogen and oxygen atoms in total. The normalized spacial score (nSPS) is 23.0. The Kier molecular flexibility index (Phi) is 26.7. The maximum absolute atomic E-state index is 10.8. The molecule has 0 spiro atoms. The largest absolute Gasteiger partial charge is 0.388 e. The van der Waals surface area contributed by atoms with Crippen molar-refractivity contribution in [2.45, 2.75) is 374 Å². The molecule has 554 valence electrons. The summed E-state index contributed by atoms with van der Waals surface area (Å²) in [7, 11) is 0. The number of nitrogens with one attached hydrogen (secondary N) is 2. The van der Waals surface area contributed by atoms with E-state index in [2.05, 4.69) is 165 Å². The Morgan fingerprint density at radius 1 is 0.406 bits per heavy atom. The van der Waals surface area contributed by atoms with E-state index in [0.717, 1.165) is 103 Å². The highest BCUT2D eigenvalue weighted by molar-refractivity contribution is 6.28. The highest BCUT2D eigenvalue weighted by Crippen LogP contribution is 2.48.